The molecule has 0 bridgehead atoms. The molecule has 3 nitrogen and oxygen atoms in total. The molecule has 1 amide bonds. The van der Waals surface area contributed by atoms with Crippen LogP contribution < -0.4 is 5.32 Å². The average Bonchev–Trinajstić information content (AvgIpc) is 2.83. The molecule has 0 aromatic carbocycles. The van der Waals surface area contributed by atoms with Crippen LogP contribution in [-0.2, 0) is 4.79 Å². The SMILES string of the molecule is CC1CC1C(=O)N1CCNCC1.Cl. The Morgan fingerprint density at radius 1 is 1.38 bits per heavy atom. The Balaban J connectivity index is 0.000000845. The highest BCUT2D eigenvalue weighted by atomic mass is 35.5. The van der Waals surface area contributed by atoms with Crippen molar-refractivity contribution < 1.29 is 4.79 Å². The first-order chi connectivity index (χ1) is 5.79. The van der Waals surface area contributed by atoms with Crippen molar-refractivity contribution in [2.75, 3.05) is 26.2 Å². The van der Waals surface area contributed by atoms with Crippen LogP contribution in [0.2, 0.25) is 0 Å². The van der Waals surface area contributed by atoms with Crippen LogP contribution in [-0.4, -0.2) is 37.0 Å². The Morgan fingerprint density at radius 2 is 1.92 bits per heavy atom. The molecule has 2 rings (SSSR count). The summed E-state index contributed by atoms with van der Waals surface area (Å²) < 4.78 is 0. The molecule has 76 valence electrons. The molecule has 1 aliphatic carbocycles. The zero-order valence-corrected chi connectivity index (χ0v) is 8.77. The second kappa shape index (κ2) is 4.29. The lowest BCUT2D eigenvalue weighted by Crippen LogP contribution is -2.47. The van der Waals surface area contributed by atoms with Crippen LogP contribution in [0.5, 0.6) is 0 Å². The van der Waals surface area contributed by atoms with Gasteiger partial charge in [-0.15, -0.1) is 12.4 Å². The minimum atomic E-state index is 0. The summed E-state index contributed by atoms with van der Waals surface area (Å²) in [6, 6.07) is 0. The van der Waals surface area contributed by atoms with Crippen molar-refractivity contribution in [2.24, 2.45) is 11.8 Å². The molecule has 2 fully saturated rings. The second-order valence-electron chi connectivity index (χ2n) is 3.89. The third-order valence-corrected chi connectivity index (χ3v) is 2.86. The molecule has 0 aromatic rings. The summed E-state index contributed by atoms with van der Waals surface area (Å²) in [5.74, 6) is 1.40. The summed E-state index contributed by atoms with van der Waals surface area (Å²) in [7, 11) is 0. The van der Waals surface area contributed by atoms with Gasteiger partial charge in [0, 0.05) is 32.1 Å². The average molecular weight is 205 g/mol. The van der Waals surface area contributed by atoms with Gasteiger partial charge in [-0.25, -0.2) is 0 Å². The maximum absolute atomic E-state index is 11.7. The number of hydrogen-bond donors (Lipinski definition) is 1. The molecule has 1 saturated carbocycles. The normalized spacial score (nSPS) is 32.2. The van der Waals surface area contributed by atoms with Gasteiger partial charge in [0.2, 0.25) is 5.91 Å². The molecule has 2 aliphatic rings. The van der Waals surface area contributed by atoms with E-state index in [9.17, 15) is 4.79 Å². The first-order valence-electron chi connectivity index (χ1n) is 4.78. The minimum Gasteiger partial charge on any atom is -0.340 e. The maximum Gasteiger partial charge on any atom is 0.226 e. The molecule has 4 heteroatoms. The van der Waals surface area contributed by atoms with Gasteiger partial charge in [0.05, 0.1) is 0 Å². The van der Waals surface area contributed by atoms with E-state index in [0.717, 1.165) is 32.6 Å². The van der Waals surface area contributed by atoms with Crippen LogP contribution in [0.15, 0.2) is 0 Å². The topological polar surface area (TPSA) is 32.3 Å². The predicted molar refractivity (Wildman–Crippen MR) is 54.0 cm³/mol. The smallest absolute Gasteiger partial charge is 0.226 e. The highest BCUT2D eigenvalue weighted by molar-refractivity contribution is 5.85. The number of rotatable bonds is 1. The van der Waals surface area contributed by atoms with Crippen molar-refractivity contribution in [3.63, 3.8) is 0 Å². The number of amides is 1. The third-order valence-electron chi connectivity index (χ3n) is 2.86. The predicted octanol–water partition coefficient (Wildman–Crippen LogP) is 0.496. The summed E-state index contributed by atoms with van der Waals surface area (Å²) in [5.41, 5.74) is 0. The molecule has 1 N–H and O–H groups in total. The third kappa shape index (κ3) is 2.35. The van der Waals surface area contributed by atoms with Gasteiger partial charge in [0.15, 0.2) is 0 Å². The van der Waals surface area contributed by atoms with Crippen molar-refractivity contribution in [1.29, 1.82) is 0 Å². The lowest BCUT2D eigenvalue weighted by atomic mass is 10.2. The van der Waals surface area contributed by atoms with E-state index in [4.69, 9.17) is 0 Å². The van der Waals surface area contributed by atoms with Gasteiger partial charge in [-0.2, -0.15) is 0 Å². The van der Waals surface area contributed by atoms with E-state index in [2.05, 4.69) is 12.2 Å². The molecule has 13 heavy (non-hydrogen) atoms. The number of nitrogens with one attached hydrogen (secondary N) is 1. The van der Waals surface area contributed by atoms with Crippen molar-refractivity contribution in [2.45, 2.75) is 13.3 Å². The van der Waals surface area contributed by atoms with Crippen LogP contribution >= 0.6 is 12.4 Å². The van der Waals surface area contributed by atoms with Crippen molar-refractivity contribution >= 4 is 18.3 Å². The molecule has 0 spiro atoms. The Bertz CT molecular complexity index is 192. The number of piperazine rings is 1. The Kier molecular flexibility index (Phi) is 3.56. The van der Waals surface area contributed by atoms with E-state index in [1.165, 1.54) is 0 Å². The summed E-state index contributed by atoms with van der Waals surface area (Å²) in [4.78, 5) is 13.7. The minimum absolute atomic E-state index is 0. The first kappa shape index (κ1) is 10.8. The number of carbonyl (C=O) groups excluding carboxylic acids is 1. The summed E-state index contributed by atoms with van der Waals surface area (Å²) in [6.07, 6.45) is 1.11. The van der Waals surface area contributed by atoms with E-state index in [1.54, 1.807) is 0 Å². The fourth-order valence-corrected chi connectivity index (χ4v) is 1.79. The fraction of sp³-hybridized carbons (Fsp3) is 0.889. The zero-order valence-electron chi connectivity index (χ0n) is 7.95. The summed E-state index contributed by atoms with van der Waals surface area (Å²) >= 11 is 0. The number of carbonyl (C=O) groups is 1. The van der Waals surface area contributed by atoms with Gasteiger partial charge in [0.1, 0.15) is 0 Å². The van der Waals surface area contributed by atoms with E-state index >= 15 is 0 Å². The molecule has 1 aliphatic heterocycles. The Hall–Kier alpha value is -0.280. The van der Waals surface area contributed by atoms with Crippen LogP contribution in [0.1, 0.15) is 13.3 Å². The molecular formula is C9H17ClN2O. The van der Waals surface area contributed by atoms with Gasteiger partial charge in [-0.3, -0.25) is 4.79 Å². The molecule has 1 saturated heterocycles. The Labute approximate surface area is 85.3 Å². The lowest BCUT2D eigenvalue weighted by Gasteiger charge is -2.27. The lowest BCUT2D eigenvalue weighted by molar-refractivity contribution is -0.133. The zero-order chi connectivity index (χ0) is 8.55. The highest BCUT2D eigenvalue weighted by Crippen LogP contribution is 2.39. The summed E-state index contributed by atoms with van der Waals surface area (Å²) in [6.45, 7) is 5.90. The van der Waals surface area contributed by atoms with Crippen LogP contribution in [0, 0.1) is 11.8 Å². The molecule has 0 aromatic heterocycles. The van der Waals surface area contributed by atoms with Crippen molar-refractivity contribution in [1.82, 2.24) is 10.2 Å². The van der Waals surface area contributed by atoms with Gasteiger partial charge < -0.3 is 10.2 Å². The van der Waals surface area contributed by atoms with Crippen LogP contribution in [0.3, 0.4) is 0 Å². The quantitative estimate of drug-likeness (QED) is 0.675. The Morgan fingerprint density at radius 3 is 2.38 bits per heavy atom. The molecule has 1 heterocycles. The van der Waals surface area contributed by atoms with Crippen LogP contribution in [0.4, 0.5) is 0 Å². The molecular weight excluding hydrogens is 188 g/mol. The number of halogens is 1. The van der Waals surface area contributed by atoms with E-state index in [0.29, 0.717) is 17.7 Å². The van der Waals surface area contributed by atoms with Crippen LogP contribution in [0.25, 0.3) is 0 Å². The standard InChI is InChI=1S/C9H16N2O.ClH/c1-7-6-8(7)9(12)11-4-2-10-3-5-11;/h7-8,10H,2-6H2,1H3;1H. The molecule has 0 radical (unpaired) electrons. The monoisotopic (exact) mass is 204 g/mol. The second-order valence-corrected chi connectivity index (χ2v) is 3.89. The summed E-state index contributed by atoms with van der Waals surface area (Å²) in [5, 5.41) is 3.25. The van der Waals surface area contributed by atoms with Crippen molar-refractivity contribution in [3.8, 4) is 0 Å². The van der Waals surface area contributed by atoms with Gasteiger partial charge in [-0.05, 0) is 12.3 Å². The maximum atomic E-state index is 11.7. The number of hydrogen-bond acceptors (Lipinski definition) is 2. The molecule has 2 unspecified atom stereocenters. The van der Waals surface area contributed by atoms with Gasteiger partial charge in [-0.1, -0.05) is 6.92 Å². The van der Waals surface area contributed by atoms with Gasteiger partial charge in [0.25, 0.3) is 0 Å². The van der Waals surface area contributed by atoms with E-state index < -0.39 is 0 Å². The highest BCUT2D eigenvalue weighted by Gasteiger charge is 2.41. The number of nitrogens with zero attached hydrogens (tertiary/aromatic N) is 1. The van der Waals surface area contributed by atoms with Crippen molar-refractivity contribution in [3.05, 3.63) is 0 Å². The fourth-order valence-electron chi connectivity index (χ4n) is 1.79. The van der Waals surface area contributed by atoms with Gasteiger partial charge >= 0.3 is 0 Å². The first-order valence-corrected chi connectivity index (χ1v) is 4.78. The van der Waals surface area contributed by atoms with E-state index in [-0.39, 0.29) is 12.4 Å². The molecule has 2 atom stereocenters. The van der Waals surface area contributed by atoms with E-state index in [1.807, 2.05) is 4.90 Å². The largest absolute Gasteiger partial charge is 0.340 e.